The molecular weight excluding hydrogens is 349 g/mol. The molecule has 0 spiro atoms. The molecule has 23 heavy (non-hydrogen) atoms. The molecule has 124 valence electrons. The maximum atomic E-state index is 12.2. The van der Waals surface area contributed by atoms with Gasteiger partial charge >= 0.3 is 5.51 Å². The van der Waals surface area contributed by atoms with Gasteiger partial charge in [0, 0.05) is 30.5 Å². The van der Waals surface area contributed by atoms with Gasteiger partial charge in [-0.1, -0.05) is 0 Å². The van der Waals surface area contributed by atoms with Crippen LogP contribution in [0.25, 0.3) is 0 Å². The van der Waals surface area contributed by atoms with Crippen LogP contribution in [0, 0.1) is 4.77 Å². The summed E-state index contributed by atoms with van der Waals surface area (Å²) in [5.41, 5.74) is -4.04. The Kier molecular flexibility index (Phi) is 5.47. The van der Waals surface area contributed by atoms with E-state index in [4.69, 9.17) is 12.2 Å². The molecule has 1 aromatic carbocycles. The first-order chi connectivity index (χ1) is 10.8. The van der Waals surface area contributed by atoms with E-state index in [1.165, 1.54) is 24.3 Å². The molecule has 0 bridgehead atoms. The number of nitrogens with zero attached hydrogens (tertiary/aromatic N) is 2. The SMILES string of the molecule is Cn1c(CCNC(=O)c2ccc(SC(F)(F)F)cc2)n[nH]c1=S. The first-order valence-electron chi connectivity index (χ1n) is 6.50. The Bertz CT molecular complexity index is 737. The van der Waals surface area contributed by atoms with Gasteiger partial charge in [0.1, 0.15) is 5.82 Å². The van der Waals surface area contributed by atoms with Gasteiger partial charge in [0.2, 0.25) is 0 Å². The molecule has 1 heterocycles. The lowest BCUT2D eigenvalue weighted by atomic mass is 10.2. The lowest BCUT2D eigenvalue weighted by molar-refractivity contribution is -0.0328. The van der Waals surface area contributed by atoms with Crippen LogP contribution in [0.3, 0.4) is 0 Å². The number of alkyl halides is 3. The van der Waals surface area contributed by atoms with Crippen LogP contribution in [0.15, 0.2) is 29.2 Å². The third-order valence-corrected chi connectivity index (χ3v) is 4.06. The number of thioether (sulfide) groups is 1. The highest BCUT2D eigenvalue weighted by atomic mass is 32.2. The van der Waals surface area contributed by atoms with Crippen molar-refractivity contribution in [2.75, 3.05) is 6.54 Å². The number of H-pyrrole nitrogens is 1. The zero-order valence-corrected chi connectivity index (χ0v) is 13.6. The predicted molar refractivity (Wildman–Crippen MR) is 82.8 cm³/mol. The number of aromatic nitrogens is 3. The molecule has 10 heteroatoms. The van der Waals surface area contributed by atoms with Gasteiger partial charge in [-0.3, -0.25) is 9.89 Å². The molecule has 0 atom stereocenters. The van der Waals surface area contributed by atoms with Crippen LogP contribution in [0.5, 0.6) is 0 Å². The molecule has 0 radical (unpaired) electrons. The van der Waals surface area contributed by atoms with Gasteiger partial charge in [0.25, 0.3) is 5.91 Å². The Labute approximate surface area is 139 Å². The summed E-state index contributed by atoms with van der Waals surface area (Å²) in [6, 6.07) is 5.26. The summed E-state index contributed by atoms with van der Waals surface area (Å²) in [6.45, 7) is 0.339. The normalized spacial score (nSPS) is 11.5. The van der Waals surface area contributed by atoms with Gasteiger partial charge in [0.05, 0.1) is 0 Å². The van der Waals surface area contributed by atoms with Crippen LogP contribution in [0.1, 0.15) is 16.2 Å². The molecule has 0 unspecified atom stereocenters. The van der Waals surface area contributed by atoms with Crippen LogP contribution in [0.4, 0.5) is 13.2 Å². The summed E-state index contributed by atoms with van der Waals surface area (Å²) in [5, 5.41) is 9.34. The molecule has 1 amide bonds. The molecule has 0 fully saturated rings. The van der Waals surface area contributed by atoms with Gasteiger partial charge in [0.15, 0.2) is 4.77 Å². The standard InChI is InChI=1S/C13H13F3N4OS2/c1-20-10(18-19-12(20)22)6-7-17-11(21)8-2-4-9(5-3-8)23-13(14,15)16/h2-5H,6-7H2,1H3,(H,17,21)(H,19,22). The largest absolute Gasteiger partial charge is 0.446 e. The minimum atomic E-state index is -4.34. The Morgan fingerprint density at radius 3 is 2.57 bits per heavy atom. The average Bonchev–Trinajstić information content (AvgIpc) is 2.78. The van der Waals surface area contributed by atoms with Crippen molar-refractivity contribution in [1.29, 1.82) is 0 Å². The zero-order valence-electron chi connectivity index (χ0n) is 12.0. The third-order valence-electron chi connectivity index (χ3n) is 2.96. The molecule has 0 aliphatic carbocycles. The number of amides is 1. The quantitative estimate of drug-likeness (QED) is 0.634. The molecule has 5 nitrogen and oxygen atoms in total. The van der Waals surface area contributed by atoms with Crippen LogP contribution < -0.4 is 5.32 Å². The summed E-state index contributed by atoms with van der Waals surface area (Å²) in [7, 11) is 1.76. The van der Waals surface area contributed by atoms with Gasteiger partial charge in [-0.05, 0) is 48.2 Å². The number of hydrogen-bond acceptors (Lipinski definition) is 4. The van der Waals surface area contributed by atoms with E-state index in [1.807, 2.05) is 0 Å². The highest BCUT2D eigenvalue weighted by molar-refractivity contribution is 8.00. The van der Waals surface area contributed by atoms with Crippen molar-refractivity contribution in [3.63, 3.8) is 0 Å². The second-order valence-electron chi connectivity index (χ2n) is 4.58. The summed E-state index contributed by atoms with van der Waals surface area (Å²) < 4.78 is 38.9. The van der Waals surface area contributed by atoms with Crippen LogP contribution in [0.2, 0.25) is 0 Å². The van der Waals surface area contributed by atoms with E-state index in [1.54, 1.807) is 11.6 Å². The summed E-state index contributed by atoms with van der Waals surface area (Å²) in [4.78, 5) is 12.0. The molecule has 0 aliphatic heterocycles. The number of hydrogen-bond donors (Lipinski definition) is 2. The summed E-state index contributed by atoms with van der Waals surface area (Å²) in [5.74, 6) is 0.345. The second-order valence-corrected chi connectivity index (χ2v) is 6.11. The van der Waals surface area contributed by atoms with E-state index >= 15 is 0 Å². The maximum Gasteiger partial charge on any atom is 0.446 e. The van der Waals surface area contributed by atoms with Crippen molar-refractivity contribution < 1.29 is 18.0 Å². The fraction of sp³-hybridized carbons (Fsp3) is 0.308. The minimum absolute atomic E-state index is 0.0376. The number of rotatable bonds is 5. The minimum Gasteiger partial charge on any atom is -0.352 e. The number of carbonyl (C=O) groups excluding carboxylic acids is 1. The monoisotopic (exact) mass is 362 g/mol. The second kappa shape index (κ2) is 7.18. The van der Waals surface area contributed by atoms with Gasteiger partial charge in [-0.25, -0.2) is 0 Å². The first kappa shape index (κ1) is 17.5. The van der Waals surface area contributed by atoms with E-state index in [-0.39, 0.29) is 22.6 Å². The summed E-state index contributed by atoms with van der Waals surface area (Å²) in [6.07, 6.45) is 0.484. The van der Waals surface area contributed by atoms with E-state index in [2.05, 4.69) is 15.5 Å². The molecule has 2 aromatic rings. The molecule has 0 saturated carbocycles. The van der Waals surface area contributed by atoms with Gasteiger partial charge in [-0.15, -0.1) is 0 Å². The van der Waals surface area contributed by atoms with Crippen molar-refractivity contribution in [2.45, 2.75) is 16.8 Å². The van der Waals surface area contributed by atoms with Crippen molar-refractivity contribution in [2.24, 2.45) is 7.05 Å². The van der Waals surface area contributed by atoms with Crippen LogP contribution >= 0.6 is 24.0 Å². The predicted octanol–water partition coefficient (Wildman–Crippen LogP) is 3.06. The Hall–Kier alpha value is -1.81. The van der Waals surface area contributed by atoms with Crippen LogP contribution in [-0.4, -0.2) is 32.7 Å². The van der Waals surface area contributed by atoms with Gasteiger partial charge < -0.3 is 9.88 Å². The smallest absolute Gasteiger partial charge is 0.352 e. The molecule has 2 N–H and O–H groups in total. The molecule has 2 rings (SSSR count). The Morgan fingerprint density at radius 2 is 2.04 bits per heavy atom. The molecule has 0 aliphatic rings. The third kappa shape index (κ3) is 5.10. The van der Waals surface area contributed by atoms with Crippen molar-refractivity contribution in [3.8, 4) is 0 Å². The molecule has 1 aromatic heterocycles. The Morgan fingerprint density at radius 1 is 1.39 bits per heavy atom. The molecule has 0 saturated heterocycles. The number of aromatic amines is 1. The zero-order chi connectivity index (χ0) is 17.0. The lowest BCUT2D eigenvalue weighted by Gasteiger charge is -2.07. The highest BCUT2D eigenvalue weighted by Gasteiger charge is 2.29. The summed E-state index contributed by atoms with van der Waals surface area (Å²) >= 11 is 4.76. The number of nitrogens with one attached hydrogen (secondary N) is 2. The number of benzene rings is 1. The van der Waals surface area contributed by atoms with Crippen molar-refractivity contribution in [3.05, 3.63) is 40.4 Å². The lowest BCUT2D eigenvalue weighted by Crippen LogP contribution is -2.26. The molecular formula is C13H13F3N4OS2. The Balaban J connectivity index is 1.88. The van der Waals surface area contributed by atoms with Crippen molar-refractivity contribution in [1.82, 2.24) is 20.1 Å². The van der Waals surface area contributed by atoms with Crippen molar-refractivity contribution >= 4 is 29.9 Å². The van der Waals surface area contributed by atoms with E-state index in [9.17, 15) is 18.0 Å². The topological polar surface area (TPSA) is 62.7 Å². The fourth-order valence-corrected chi connectivity index (χ4v) is 2.49. The van der Waals surface area contributed by atoms with E-state index in [0.717, 1.165) is 0 Å². The maximum absolute atomic E-state index is 12.2. The number of halogens is 3. The number of carbonyl (C=O) groups is 1. The first-order valence-corrected chi connectivity index (χ1v) is 7.73. The van der Waals surface area contributed by atoms with Gasteiger partial charge in [-0.2, -0.15) is 18.3 Å². The van der Waals surface area contributed by atoms with Crippen LogP contribution in [-0.2, 0) is 13.5 Å². The average molecular weight is 362 g/mol. The van der Waals surface area contributed by atoms with E-state index in [0.29, 0.717) is 29.1 Å². The highest BCUT2D eigenvalue weighted by Crippen LogP contribution is 2.36. The van der Waals surface area contributed by atoms with E-state index < -0.39 is 5.51 Å². The fourth-order valence-electron chi connectivity index (χ4n) is 1.80.